The van der Waals surface area contributed by atoms with Crippen LogP contribution < -0.4 is 0 Å². The number of methoxy groups -OCH3 is 1. The fraction of sp³-hybridized carbons (Fsp3) is 0.933. The molecule has 0 aromatic rings. The average Bonchev–Trinajstić information content (AvgIpc) is 2.34. The third-order valence-electron chi connectivity index (χ3n) is 2.80. The Morgan fingerprint density at radius 3 is 1.90 bits per heavy atom. The van der Waals surface area contributed by atoms with E-state index in [4.69, 9.17) is 9.05 Å². The molecule has 0 rings (SSSR count). The average molecular weight is 321 g/mol. The molecule has 126 valence electrons. The Kier molecular flexibility index (Phi) is 10.4. The van der Waals surface area contributed by atoms with E-state index in [9.17, 15) is 4.79 Å². The number of ether oxygens (including phenoxy) is 1. The fourth-order valence-electron chi connectivity index (χ4n) is 1.92. The second kappa shape index (κ2) is 10.5. The molecule has 21 heavy (non-hydrogen) atoms. The lowest BCUT2D eigenvalue weighted by atomic mass is 10.2. The van der Waals surface area contributed by atoms with Crippen LogP contribution in [0.2, 0.25) is 0 Å². The zero-order valence-corrected chi connectivity index (χ0v) is 15.6. The largest absolute Gasteiger partial charge is 0.469 e. The van der Waals surface area contributed by atoms with Crippen LogP contribution in [-0.2, 0) is 18.6 Å². The lowest BCUT2D eigenvalue weighted by Crippen LogP contribution is -2.35. The fourth-order valence-corrected chi connectivity index (χ4v) is 3.71. The predicted octanol–water partition coefficient (Wildman–Crippen LogP) is 4.12. The number of hydrogen-bond acceptors (Lipinski definition) is 5. The Morgan fingerprint density at radius 1 is 1.00 bits per heavy atom. The lowest BCUT2D eigenvalue weighted by Gasteiger charge is -2.37. The summed E-state index contributed by atoms with van der Waals surface area (Å²) < 4.78 is 19.0. The summed E-state index contributed by atoms with van der Waals surface area (Å²) in [5.74, 6) is -0.205. The third-order valence-corrected chi connectivity index (χ3v) is 5.24. The predicted molar refractivity (Wildman–Crippen MR) is 87.0 cm³/mol. The van der Waals surface area contributed by atoms with Crippen LogP contribution in [0, 0.1) is 0 Å². The van der Waals surface area contributed by atoms with Gasteiger partial charge in [0.15, 0.2) is 0 Å². The molecule has 2 unspecified atom stereocenters. The van der Waals surface area contributed by atoms with Gasteiger partial charge in [0, 0.05) is 18.5 Å². The molecule has 0 amide bonds. The molecular formula is C15H32NO4P. The first-order chi connectivity index (χ1) is 9.68. The topological polar surface area (TPSA) is 48.0 Å². The summed E-state index contributed by atoms with van der Waals surface area (Å²) in [6.45, 7) is 14.6. The van der Waals surface area contributed by atoms with Crippen LogP contribution in [0.3, 0.4) is 0 Å². The van der Waals surface area contributed by atoms with Crippen molar-refractivity contribution < 1.29 is 18.6 Å². The minimum Gasteiger partial charge on any atom is -0.469 e. The number of esters is 1. The van der Waals surface area contributed by atoms with Crippen LogP contribution in [0.4, 0.5) is 0 Å². The molecule has 0 aliphatic heterocycles. The van der Waals surface area contributed by atoms with Gasteiger partial charge in [0.25, 0.3) is 8.53 Å². The van der Waals surface area contributed by atoms with Crippen molar-refractivity contribution >= 4 is 14.5 Å². The number of carbonyl (C=O) groups excluding carboxylic acids is 1. The van der Waals surface area contributed by atoms with Gasteiger partial charge in [-0.2, -0.15) is 0 Å². The molecule has 0 aromatic heterocycles. The van der Waals surface area contributed by atoms with Gasteiger partial charge in [-0.25, -0.2) is 4.67 Å². The zero-order chi connectivity index (χ0) is 16.6. The van der Waals surface area contributed by atoms with Gasteiger partial charge in [0.1, 0.15) is 0 Å². The van der Waals surface area contributed by atoms with Crippen molar-refractivity contribution in [3.05, 3.63) is 0 Å². The molecule has 5 nitrogen and oxygen atoms in total. The van der Waals surface area contributed by atoms with E-state index in [1.165, 1.54) is 7.11 Å². The molecule has 0 N–H and O–H groups in total. The van der Waals surface area contributed by atoms with E-state index < -0.39 is 8.53 Å². The van der Waals surface area contributed by atoms with Crippen molar-refractivity contribution in [1.82, 2.24) is 4.67 Å². The van der Waals surface area contributed by atoms with Crippen molar-refractivity contribution in [1.29, 1.82) is 0 Å². The molecule has 0 aliphatic carbocycles. The van der Waals surface area contributed by atoms with Gasteiger partial charge >= 0.3 is 5.97 Å². The maximum absolute atomic E-state index is 11.2. The van der Waals surface area contributed by atoms with Crippen LogP contribution >= 0.6 is 8.53 Å². The quantitative estimate of drug-likeness (QED) is 0.447. The van der Waals surface area contributed by atoms with Gasteiger partial charge in [-0.1, -0.05) is 0 Å². The Balaban J connectivity index is 4.70. The Bertz CT molecular complexity index is 289. The standard InChI is InChI=1S/C15H32NO4P/c1-11(2)16(12(3)4)21(19-13(5)6)20-14(7)9-10-15(17)18-8/h11-14H,9-10H2,1-8H3. The smallest absolute Gasteiger partial charge is 0.305 e. The maximum atomic E-state index is 11.2. The number of hydrogen-bond donors (Lipinski definition) is 0. The second-order valence-electron chi connectivity index (χ2n) is 5.99. The minimum absolute atomic E-state index is 0.0473. The molecule has 2 atom stereocenters. The van der Waals surface area contributed by atoms with Crippen LogP contribution in [0.25, 0.3) is 0 Å². The van der Waals surface area contributed by atoms with E-state index >= 15 is 0 Å². The maximum Gasteiger partial charge on any atom is 0.305 e. The number of rotatable bonds is 10. The molecule has 0 radical (unpaired) electrons. The van der Waals surface area contributed by atoms with Crippen molar-refractivity contribution in [2.24, 2.45) is 0 Å². The van der Waals surface area contributed by atoms with Gasteiger partial charge in [0.2, 0.25) is 0 Å². The second-order valence-corrected chi connectivity index (χ2v) is 7.35. The van der Waals surface area contributed by atoms with E-state index in [1.54, 1.807) is 0 Å². The first-order valence-corrected chi connectivity index (χ1v) is 8.80. The molecular weight excluding hydrogens is 289 g/mol. The summed E-state index contributed by atoms with van der Waals surface area (Å²) in [6, 6.07) is 0.672. The molecule has 0 saturated heterocycles. The monoisotopic (exact) mass is 321 g/mol. The summed E-state index contributed by atoms with van der Waals surface area (Å²) in [7, 11) is 0.269. The van der Waals surface area contributed by atoms with Crippen molar-refractivity contribution in [2.75, 3.05) is 7.11 Å². The number of carbonyl (C=O) groups is 1. The van der Waals surface area contributed by atoms with Crippen LogP contribution in [0.5, 0.6) is 0 Å². The summed E-state index contributed by atoms with van der Waals surface area (Å²) in [5.41, 5.74) is 0. The SMILES string of the molecule is COC(=O)CCC(C)OP(OC(C)C)N(C(C)C)C(C)C. The molecule has 0 bridgehead atoms. The summed E-state index contributed by atoms with van der Waals surface area (Å²) in [4.78, 5) is 11.2. The zero-order valence-electron chi connectivity index (χ0n) is 14.8. The van der Waals surface area contributed by atoms with Crippen molar-refractivity contribution in [3.63, 3.8) is 0 Å². The van der Waals surface area contributed by atoms with E-state index in [0.29, 0.717) is 24.9 Å². The molecule has 0 saturated carbocycles. The molecule has 0 spiro atoms. The highest BCUT2D eigenvalue weighted by atomic mass is 31.2. The van der Waals surface area contributed by atoms with Crippen molar-refractivity contribution in [3.8, 4) is 0 Å². The van der Waals surface area contributed by atoms with Gasteiger partial charge in [-0.3, -0.25) is 4.79 Å². The Hall–Kier alpha value is -0.220. The molecule has 0 aromatic carbocycles. The normalized spacial score (nSPS) is 15.0. The van der Waals surface area contributed by atoms with Gasteiger partial charge < -0.3 is 13.8 Å². The molecule has 6 heteroatoms. The van der Waals surface area contributed by atoms with Gasteiger partial charge in [0.05, 0.1) is 19.3 Å². The van der Waals surface area contributed by atoms with Crippen LogP contribution in [-0.4, -0.2) is 42.0 Å². The highest BCUT2D eigenvalue weighted by Gasteiger charge is 2.29. The molecule has 0 fully saturated rings. The summed E-state index contributed by atoms with van der Waals surface area (Å²) in [5, 5.41) is 0. The summed E-state index contributed by atoms with van der Waals surface area (Å²) >= 11 is 0. The van der Waals surface area contributed by atoms with Crippen LogP contribution in [0.15, 0.2) is 0 Å². The first-order valence-electron chi connectivity index (χ1n) is 7.67. The Labute approximate surface area is 131 Å². The van der Waals surface area contributed by atoms with Gasteiger partial charge in [-0.15, -0.1) is 0 Å². The highest BCUT2D eigenvalue weighted by Crippen LogP contribution is 2.48. The third kappa shape index (κ3) is 8.72. The molecule has 0 aliphatic rings. The van der Waals surface area contributed by atoms with E-state index in [2.05, 4.69) is 37.1 Å². The van der Waals surface area contributed by atoms with E-state index in [0.717, 1.165) is 0 Å². The van der Waals surface area contributed by atoms with E-state index in [-0.39, 0.29) is 18.2 Å². The van der Waals surface area contributed by atoms with E-state index in [1.807, 2.05) is 20.8 Å². The molecule has 0 heterocycles. The lowest BCUT2D eigenvalue weighted by molar-refractivity contribution is -0.141. The van der Waals surface area contributed by atoms with Crippen LogP contribution in [0.1, 0.15) is 61.3 Å². The highest BCUT2D eigenvalue weighted by molar-refractivity contribution is 7.44. The van der Waals surface area contributed by atoms with Gasteiger partial charge in [-0.05, 0) is 54.9 Å². The summed E-state index contributed by atoms with van der Waals surface area (Å²) in [6.07, 6.45) is 1.06. The Morgan fingerprint density at radius 2 is 1.52 bits per heavy atom. The number of nitrogens with zero attached hydrogens (tertiary/aromatic N) is 1. The minimum atomic E-state index is -1.14. The first kappa shape index (κ1) is 20.8. The van der Waals surface area contributed by atoms with Crippen molar-refractivity contribution in [2.45, 2.75) is 85.6 Å².